The number of hydrogen-bond donors (Lipinski definition) is 5. The molecule has 10 heteroatoms. The van der Waals surface area contributed by atoms with Gasteiger partial charge in [-0.3, -0.25) is 10.7 Å². The summed E-state index contributed by atoms with van der Waals surface area (Å²) >= 11 is 0. The van der Waals surface area contributed by atoms with Crippen LogP contribution in [0.1, 0.15) is 83.8 Å². The number of carboxylic acid groups (broad SMARTS) is 1. The molecule has 2 aromatic rings. The fraction of sp³-hybridized carbons (Fsp3) is 0.696. The quantitative estimate of drug-likeness (QED) is 0.313. The van der Waals surface area contributed by atoms with E-state index < -0.39 is 17.5 Å². The molecule has 2 heterocycles. The van der Waals surface area contributed by atoms with Crippen LogP contribution in [0.2, 0.25) is 0 Å². The second kappa shape index (κ2) is 9.24. The van der Waals surface area contributed by atoms with E-state index in [1.807, 2.05) is 9.88 Å². The van der Waals surface area contributed by atoms with E-state index in [2.05, 4.69) is 27.2 Å². The summed E-state index contributed by atoms with van der Waals surface area (Å²) < 4.78 is 2.04. The van der Waals surface area contributed by atoms with Gasteiger partial charge in [-0.15, -0.1) is 0 Å². The molecule has 33 heavy (non-hydrogen) atoms. The van der Waals surface area contributed by atoms with E-state index in [4.69, 9.17) is 10.5 Å². The number of fused-ring (bicyclic) bond motifs is 1. The van der Waals surface area contributed by atoms with E-state index >= 15 is 0 Å². The first-order valence-electron chi connectivity index (χ1n) is 12.0. The van der Waals surface area contributed by atoms with Crippen LogP contribution in [0.25, 0.3) is 11.2 Å². The maximum absolute atomic E-state index is 11.1. The molecule has 5 N–H and O–H groups in total. The topological polar surface area (TPSA) is 149 Å². The molecule has 0 aromatic carbocycles. The molecular formula is C23H35N7O3. The highest BCUT2D eigenvalue weighted by Gasteiger charge is 2.31. The molecule has 2 aromatic heterocycles. The normalized spacial score (nSPS) is 18.7. The second-order valence-corrected chi connectivity index (χ2v) is 10.1. The molecule has 2 fully saturated rings. The molecule has 2 aliphatic carbocycles. The van der Waals surface area contributed by atoms with Gasteiger partial charge in [0.2, 0.25) is 0 Å². The number of nitrogens with zero attached hydrogens (tertiary/aromatic N) is 4. The average Bonchev–Trinajstić information content (AvgIpc) is 3.06. The summed E-state index contributed by atoms with van der Waals surface area (Å²) in [6, 6.07) is 0.162. The van der Waals surface area contributed by atoms with Gasteiger partial charge < -0.3 is 20.1 Å². The van der Waals surface area contributed by atoms with Gasteiger partial charge in [-0.1, -0.05) is 25.7 Å². The summed E-state index contributed by atoms with van der Waals surface area (Å²) in [7, 11) is 0. The van der Waals surface area contributed by atoms with Crippen LogP contribution in [0, 0.1) is 17.2 Å². The number of imidazole rings is 1. The zero-order chi connectivity index (χ0) is 23.8. The maximum atomic E-state index is 11.1. The molecule has 0 radical (unpaired) electrons. The van der Waals surface area contributed by atoms with Crippen LogP contribution in [0.3, 0.4) is 0 Å². The summed E-state index contributed by atoms with van der Waals surface area (Å²) in [6.07, 6.45) is 8.13. The van der Waals surface area contributed by atoms with E-state index in [1.165, 1.54) is 25.7 Å². The molecule has 1 atom stereocenters. The average molecular weight is 458 g/mol. The molecule has 180 valence electrons. The van der Waals surface area contributed by atoms with Crippen LogP contribution < -0.4 is 10.6 Å². The Morgan fingerprint density at radius 3 is 2.42 bits per heavy atom. The summed E-state index contributed by atoms with van der Waals surface area (Å²) in [6.45, 7) is 6.25. The van der Waals surface area contributed by atoms with Gasteiger partial charge in [-0.05, 0) is 58.3 Å². The van der Waals surface area contributed by atoms with E-state index in [0.717, 1.165) is 32.2 Å². The lowest BCUT2D eigenvalue weighted by Crippen LogP contribution is -2.33. The monoisotopic (exact) mass is 457 g/mol. The first-order valence-corrected chi connectivity index (χ1v) is 12.0. The highest BCUT2D eigenvalue weighted by Crippen LogP contribution is 2.35. The van der Waals surface area contributed by atoms with Gasteiger partial charge in [0.05, 0.1) is 0 Å². The number of amides is 1. The molecule has 2 aliphatic rings. The van der Waals surface area contributed by atoms with Gasteiger partial charge in [0.15, 0.2) is 23.1 Å². The number of amidine groups is 1. The highest BCUT2D eigenvalue weighted by molar-refractivity contribution is 6.03. The van der Waals surface area contributed by atoms with E-state index in [1.54, 1.807) is 13.8 Å². The Balaban J connectivity index is 1.83. The van der Waals surface area contributed by atoms with Crippen molar-refractivity contribution >= 4 is 28.9 Å². The Bertz CT molecular complexity index is 1030. The third-order valence-electron chi connectivity index (χ3n) is 6.99. The third kappa shape index (κ3) is 5.10. The number of aliphatic hydroxyl groups is 1. The molecule has 1 amide bonds. The molecule has 4 rings (SSSR count). The van der Waals surface area contributed by atoms with Crippen molar-refractivity contribution in [2.45, 2.75) is 90.3 Å². The Morgan fingerprint density at radius 1 is 1.15 bits per heavy atom. The van der Waals surface area contributed by atoms with Crippen molar-refractivity contribution in [3.8, 4) is 0 Å². The predicted molar refractivity (Wildman–Crippen MR) is 126 cm³/mol. The Labute approximate surface area is 193 Å². The summed E-state index contributed by atoms with van der Waals surface area (Å²) in [4.78, 5) is 24.7. The van der Waals surface area contributed by atoms with E-state index in [9.17, 15) is 9.90 Å². The van der Waals surface area contributed by atoms with Crippen molar-refractivity contribution in [3.63, 3.8) is 0 Å². The minimum Gasteiger partial charge on any atom is -0.465 e. The van der Waals surface area contributed by atoms with E-state index in [-0.39, 0.29) is 11.9 Å². The summed E-state index contributed by atoms with van der Waals surface area (Å²) in [5, 5.41) is 33.6. The number of nitrogens with one attached hydrogen (secondary N) is 3. The molecule has 0 unspecified atom stereocenters. The van der Waals surface area contributed by atoms with Crippen molar-refractivity contribution < 1.29 is 15.0 Å². The van der Waals surface area contributed by atoms with Crippen LogP contribution in [-0.2, 0) is 12.1 Å². The van der Waals surface area contributed by atoms with Crippen LogP contribution >= 0.6 is 0 Å². The standard InChI is InChI=1S/C23H35N7O3/c1-13(15-10-7-11-15)25-18-16-19(28-20(27-18)17(24)26-22(31)32)29-21(23(2,3)33)30(16)12-14-8-5-4-6-9-14/h13-15,33H,4-12H2,1-3H3,(H2,24,26)(H,31,32)(H,25,27,28)/t13-/m1/s1. The van der Waals surface area contributed by atoms with Gasteiger partial charge in [-0.2, -0.15) is 0 Å². The SMILES string of the molecule is C[C@@H](Nc1nc(C(=N)NC(=O)O)nc2nc(C(C)(C)O)n(CC3CCCCC3)c12)C1CCC1. The molecule has 10 nitrogen and oxygen atoms in total. The lowest BCUT2D eigenvalue weighted by atomic mass is 9.80. The lowest BCUT2D eigenvalue weighted by molar-refractivity contribution is 0.0639. The van der Waals surface area contributed by atoms with Crippen molar-refractivity contribution in [1.82, 2.24) is 24.8 Å². The van der Waals surface area contributed by atoms with Crippen molar-refractivity contribution in [3.05, 3.63) is 11.6 Å². The number of anilines is 1. The minimum atomic E-state index is -1.35. The van der Waals surface area contributed by atoms with Crippen LogP contribution in [-0.4, -0.2) is 47.7 Å². The number of rotatable bonds is 7. The van der Waals surface area contributed by atoms with Crippen LogP contribution in [0.15, 0.2) is 0 Å². The fourth-order valence-corrected chi connectivity index (χ4v) is 4.96. The largest absolute Gasteiger partial charge is 0.465 e. The molecule has 2 saturated carbocycles. The summed E-state index contributed by atoms with van der Waals surface area (Å²) in [5.74, 6) is 1.62. The van der Waals surface area contributed by atoms with Crippen LogP contribution in [0.4, 0.5) is 10.6 Å². The molecule has 0 bridgehead atoms. The van der Waals surface area contributed by atoms with Gasteiger partial charge in [0.1, 0.15) is 16.9 Å². The van der Waals surface area contributed by atoms with Gasteiger partial charge >= 0.3 is 6.09 Å². The maximum Gasteiger partial charge on any atom is 0.410 e. The van der Waals surface area contributed by atoms with Crippen molar-refractivity contribution in [1.29, 1.82) is 5.41 Å². The summed E-state index contributed by atoms with van der Waals surface area (Å²) in [5.41, 5.74) is -0.136. The van der Waals surface area contributed by atoms with Gasteiger partial charge in [0.25, 0.3) is 0 Å². The predicted octanol–water partition coefficient (Wildman–Crippen LogP) is 3.83. The van der Waals surface area contributed by atoms with Gasteiger partial charge in [-0.25, -0.2) is 19.7 Å². The first kappa shape index (κ1) is 23.4. The fourth-order valence-electron chi connectivity index (χ4n) is 4.96. The van der Waals surface area contributed by atoms with Crippen molar-refractivity contribution in [2.75, 3.05) is 5.32 Å². The third-order valence-corrected chi connectivity index (χ3v) is 6.99. The van der Waals surface area contributed by atoms with Crippen molar-refractivity contribution in [2.24, 2.45) is 11.8 Å². The Morgan fingerprint density at radius 2 is 1.85 bits per heavy atom. The lowest BCUT2D eigenvalue weighted by Gasteiger charge is -2.32. The Hall–Kier alpha value is -2.75. The van der Waals surface area contributed by atoms with E-state index in [0.29, 0.717) is 34.6 Å². The zero-order valence-corrected chi connectivity index (χ0v) is 19.7. The molecule has 0 saturated heterocycles. The van der Waals surface area contributed by atoms with Crippen LogP contribution in [0.5, 0.6) is 0 Å². The smallest absolute Gasteiger partial charge is 0.410 e. The second-order valence-electron chi connectivity index (χ2n) is 10.1. The molecule has 0 aliphatic heterocycles. The first-order chi connectivity index (χ1) is 15.6. The van der Waals surface area contributed by atoms with Gasteiger partial charge in [0, 0.05) is 12.6 Å². The Kier molecular flexibility index (Phi) is 6.56. The molecular weight excluding hydrogens is 422 g/mol. The molecule has 0 spiro atoms. The number of carbonyl (C=O) groups is 1. The highest BCUT2D eigenvalue weighted by atomic mass is 16.4. The number of hydrogen-bond acceptors (Lipinski definition) is 7. The zero-order valence-electron chi connectivity index (χ0n) is 19.7. The minimum absolute atomic E-state index is 0.0437. The number of aromatic nitrogens is 4.